The highest BCUT2D eigenvalue weighted by Gasteiger charge is 2.41. The molecule has 0 radical (unpaired) electrons. The van der Waals surface area contributed by atoms with E-state index in [9.17, 15) is 13.2 Å². The van der Waals surface area contributed by atoms with Gasteiger partial charge in [0.05, 0.1) is 24.5 Å². The minimum atomic E-state index is -3.25. The van der Waals surface area contributed by atoms with Crippen molar-refractivity contribution in [1.82, 2.24) is 9.71 Å². The van der Waals surface area contributed by atoms with Gasteiger partial charge < -0.3 is 10.1 Å². The van der Waals surface area contributed by atoms with Gasteiger partial charge in [-0.15, -0.1) is 0 Å². The molecule has 188 valence electrons. The third-order valence-corrected chi connectivity index (χ3v) is 7.23. The van der Waals surface area contributed by atoms with Crippen molar-refractivity contribution in [2.24, 2.45) is 0 Å². The van der Waals surface area contributed by atoms with Crippen molar-refractivity contribution in [2.75, 3.05) is 18.7 Å². The Hall–Kier alpha value is -3.23. The number of pyridine rings is 1. The lowest BCUT2D eigenvalue weighted by Crippen LogP contribution is -2.42. The van der Waals surface area contributed by atoms with Crippen LogP contribution in [0.5, 0.6) is 5.75 Å². The summed E-state index contributed by atoms with van der Waals surface area (Å²) >= 11 is 0. The average molecular weight is 498 g/mol. The summed E-state index contributed by atoms with van der Waals surface area (Å²) in [5.41, 5.74) is 2.88. The fourth-order valence-corrected chi connectivity index (χ4v) is 5.05. The number of rotatable bonds is 8. The highest BCUT2D eigenvalue weighted by atomic mass is 32.2. The molecule has 35 heavy (non-hydrogen) atoms. The first-order valence-corrected chi connectivity index (χ1v) is 13.7. The van der Waals surface area contributed by atoms with E-state index < -0.39 is 15.4 Å². The molecular weight excluding hydrogens is 462 g/mol. The standard InChI is InChI=1S/C27H31N3O4S.2H2/c1-34-23-15-13-22(14-16-23)27(17-4-3-5-18-27)26(31)30-25-8-6-7-24(29-25)21-11-9-20(10-12-21)19-28-35(2,32)33;;/h6-16,28H,3-5,17-19H2,1-2H3,(H,29,30,31);2*1H. The molecule has 1 saturated carbocycles. The van der Waals surface area contributed by atoms with Gasteiger partial charge in [0.1, 0.15) is 11.6 Å². The Morgan fingerprint density at radius 2 is 1.69 bits per heavy atom. The van der Waals surface area contributed by atoms with E-state index in [0.29, 0.717) is 5.82 Å². The molecule has 0 aliphatic heterocycles. The SMILES string of the molecule is COc1ccc(C2(C(=O)Nc3cccc(-c4ccc(CNS(C)(=O)=O)cc4)n3)CCCCC2)cc1.[HH].[HH]. The highest BCUT2D eigenvalue weighted by Crippen LogP contribution is 2.41. The first kappa shape index (κ1) is 24.9. The number of anilines is 1. The number of methoxy groups -OCH3 is 1. The summed E-state index contributed by atoms with van der Waals surface area (Å²) in [5.74, 6) is 1.25. The molecule has 7 nitrogen and oxygen atoms in total. The smallest absolute Gasteiger partial charge is 0.236 e. The largest absolute Gasteiger partial charge is 0.497 e. The van der Waals surface area contributed by atoms with Crippen LogP contribution in [0.4, 0.5) is 5.82 Å². The van der Waals surface area contributed by atoms with Crippen LogP contribution in [0.25, 0.3) is 11.3 Å². The molecule has 1 aromatic heterocycles. The zero-order valence-corrected chi connectivity index (χ0v) is 20.9. The molecule has 3 aromatic rings. The number of ether oxygens (including phenoxy) is 1. The van der Waals surface area contributed by atoms with Crippen LogP contribution < -0.4 is 14.8 Å². The lowest BCUT2D eigenvalue weighted by Gasteiger charge is -2.36. The molecule has 2 N–H and O–H groups in total. The van der Waals surface area contributed by atoms with E-state index in [-0.39, 0.29) is 15.3 Å². The van der Waals surface area contributed by atoms with E-state index in [1.165, 1.54) is 0 Å². The maximum Gasteiger partial charge on any atom is 0.236 e. The number of carbonyl (C=O) groups excluding carboxylic acids is 1. The number of nitrogens with one attached hydrogen (secondary N) is 2. The molecule has 4 rings (SSSR count). The normalized spacial score (nSPS) is 15.4. The molecule has 1 heterocycles. The minimum absolute atomic E-state index is 0. The van der Waals surface area contributed by atoms with Crippen LogP contribution in [0.2, 0.25) is 0 Å². The van der Waals surface area contributed by atoms with Gasteiger partial charge in [0.25, 0.3) is 0 Å². The van der Waals surface area contributed by atoms with E-state index in [1.807, 2.05) is 60.7 Å². The quantitative estimate of drug-likeness (QED) is 0.449. The van der Waals surface area contributed by atoms with Crippen molar-refractivity contribution < 1.29 is 20.8 Å². The van der Waals surface area contributed by atoms with Gasteiger partial charge >= 0.3 is 0 Å². The van der Waals surface area contributed by atoms with Crippen LogP contribution in [-0.4, -0.2) is 32.7 Å². The summed E-state index contributed by atoms with van der Waals surface area (Å²) in [6.07, 6.45) is 5.88. The molecular formula is C27H35N3O4S. The van der Waals surface area contributed by atoms with Crippen LogP contribution in [0.1, 0.15) is 46.1 Å². The van der Waals surface area contributed by atoms with Crippen molar-refractivity contribution >= 4 is 21.7 Å². The number of carbonyl (C=O) groups is 1. The monoisotopic (exact) mass is 497 g/mol. The average Bonchev–Trinajstić information content (AvgIpc) is 2.88. The molecule has 0 spiro atoms. The van der Waals surface area contributed by atoms with Crippen molar-refractivity contribution in [3.05, 3.63) is 77.9 Å². The summed E-state index contributed by atoms with van der Waals surface area (Å²) in [5, 5.41) is 3.08. The van der Waals surface area contributed by atoms with Crippen LogP contribution in [0.15, 0.2) is 66.7 Å². The Morgan fingerprint density at radius 1 is 1.00 bits per heavy atom. The summed E-state index contributed by atoms with van der Waals surface area (Å²) < 4.78 is 30.4. The maximum absolute atomic E-state index is 13.7. The number of amides is 1. The highest BCUT2D eigenvalue weighted by molar-refractivity contribution is 7.88. The third-order valence-electron chi connectivity index (χ3n) is 6.56. The van der Waals surface area contributed by atoms with Gasteiger partial charge in [-0.05, 0) is 48.2 Å². The molecule has 0 atom stereocenters. The van der Waals surface area contributed by atoms with E-state index in [0.717, 1.165) is 66.5 Å². The predicted octanol–water partition coefficient (Wildman–Crippen LogP) is 5.14. The second-order valence-corrected chi connectivity index (χ2v) is 10.9. The minimum Gasteiger partial charge on any atom is -0.497 e. The van der Waals surface area contributed by atoms with E-state index in [2.05, 4.69) is 15.0 Å². The zero-order valence-electron chi connectivity index (χ0n) is 20.1. The van der Waals surface area contributed by atoms with Crippen LogP contribution in [-0.2, 0) is 26.8 Å². The molecule has 1 amide bonds. The molecule has 0 unspecified atom stereocenters. The second-order valence-electron chi connectivity index (χ2n) is 9.02. The van der Waals surface area contributed by atoms with Crippen molar-refractivity contribution in [3.63, 3.8) is 0 Å². The Bertz CT molecular complexity index is 1280. The Kier molecular flexibility index (Phi) is 7.52. The molecule has 1 fully saturated rings. The predicted molar refractivity (Wildman–Crippen MR) is 142 cm³/mol. The number of benzene rings is 2. The van der Waals surface area contributed by atoms with E-state index in [1.54, 1.807) is 13.2 Å². The Labute approximate surface area is 210 Å². The van der Waals surface area contributed by atoms with Gasteiger partial charge in [0.2, 0.25) is 15.9 Å². The Morgan fingerprint density at radius 3 is 2.31 bits per heavy atom. The van der Waals surface area contributed by atoms with Gasteiger partial charge in [0, 0.05) is 15.0 Å². The zero-order chi connectivity index (χ0) is 24.9. The number of sulfonamides is 1. The maximum atomic E-state index is 13.7. The van der Waals surface area contributed by atoms with Gasteiger partial charge in [-0.25, -0.2) is 18.1 Å². The lowest BCUT2D eigenvalue weighted by molar-refractivity contribution is -0.122. The van der Waals surface area contributed by atoms with E-state index in [4.69, 9.17) is 4.74 Å². The van der Waals surface area contributed by atoms with Crippen LogP contribution >= 0.6 is 0 Å². The summed E-state index contributed by atoms with van der Waals surface area (Å²) in [6.45, 7) is 0.232. The summed E-state index contributed by atoms with van der Waals surface area (Å²) in [7, 11) is -1.61. The lowest BCUT2D eigenvalue weighted by atomic mass is 9.68. The third kappa shape index (κ3) is 6.07. The fraction of sp³-hybridized carbons (Fsp3) is 0.333. The number of hydrogen-bond donors (Lipinski definition) is 2. The van der Waals surface area contributed by atoms with Gasteiger partial charge in [0.15, 0.2) is 0 Å². The molecule has 0 bridgehead atoms. The van der Waals surface area contributed by atoms with Crippen molar-refractivity contribution in [3.8, 4) is 17.0 Å². The topological polar surface area (TPSA) is 97.4 Å². The first-order chi connectivity index (χ1) is 16.8. The summed E-state index contributed by atoms with van der Waals surface area (Å²) in [4.78, 5) is 18.3. The molecule has 1 aliphatic carbocycles. The van der Waals surface area contributed by atoms with Crippen LogP contribution in [0.3, 0.4) is 0 Å². The summed E-state index contributed by atoms with van der Waals surface area (Å²) in [6, 6.07) is 20.9. The van der Waals surface area contributed by atoms with Gasteiger partial charge in [-0.1, -0.05) is 61.7 Å². The van der Waals surface area contributed by atoms with Crippen LogP contribution in [0, 0.1) is 0 Å². The van der Waals surface area contributed by atoms with Gasteiger partial charge in [-0.2, -0.15) is 0 Å². The molecule has 1 aliphatic rings. The first-order valence-electron chi connectivity index (χ1n) is 11.8. The number of hydrogen-bond acceptors (Lipinski definition) is 5. The molecule has 2 aromatic carbocycles. The van der Waals surface area contributed by atoms with E-state index >= 15 is 0 Å². The fourth-order valence-electron chi connectivity index (χ4n) is 4.62. The number of nitrogens with zero attached hydrogens (tertiary/aromatic N) is 1. The Balaban J connectivity index is 0.00000241. The molecule has 0 saturated heterocycles. The van der Waals surface area contributed by atoms with Crippen molar-refractivity contribution in [1.29, 1.82) is 0 Å². The van der Waals surface area contributed by atoms with Gasteiger partial charge in [-0.3, -0.25) is 4.79 Å². The second kappa shape index (κ2) is 10.6. The van der Waals surface area contributed by atoms with Crippen molar-refractivity contribution in [2.45, 2.75) is 44.1 Å². The molecule has 8 heteroatoms. The number of aromatic nitrogens is 1.